The van der Waals surface area contributed by atoms with E-state index in [1.165, 1.54) is 64.2 Å². The van der Waals surface area contributed by atoms with Crippen LogP contribution in [0.25, 0.3) is 0 Å². The van der Waals surface area contributed by atoms with Crippen molar-refractivity contribution in [3.63, 3.8) is 0 Å². The van der Waals surface area contributed by atoms with Crippen molar-refractivity contribution in [2.75, 3.05) is 0 Å². The van der Waals surface area contributed by atoms with E-state index in [9.17, 15) is 5.11 Å². The summed E-state index contributed by atoms with van der Waals surface area (Å²) < 4.78 is 0. The maximum Gasteiger partial charge on any atom is 0.0594 e. The van der Waals surface area contributed by atoms with Crippen LogP contribution in [0.4, 0.5) is 0 Å². The molecular formula is C30H50O. The average molecular weight is 427 g/mol. The molecule has 0 amide bonds. The molecule has 176 valence electrons. The molecule has 0 saturated heterocycles. The fraction of sp³-hybridized carbons (Fsp3) is 0.933. The summed E-state index contributed by atoms with van der Waals surface area (Å²) in [5, 5.41) is 10.9. The van der Waals surface area contributed by atoms with Gasteiger partial charge in [-0.15, -0.1) is 0 Å². The van der Waals surface area contributed by atoms with Gasteiger partial charge in [-0.05, 0) is 115 Å². The molecule has 0 heterocycles. The quantitative estimate of drug-likeness (QED) is 0.386. The number of hydrogen-bond acceptors (Lipinski definition) is 1. The van der Waals surface area contributed by atoms with E-state index in [1.807, 2.05) is 11.1 Å². The molecule has 5 aliphatic rings. The zero-order valence-electron chi connectivity index (χ0n) is 22.0. The van der Waals surface area contributed by atoms with Crippen LogP contribution in [0.15, 0.2) is 11.1 Å². The minimum Gasteiger partial charge on any atom is -0.393 e. The summed E-state index contributed by atoms with van der Waals surface area (Å²) in [7, 11) is 0. The van der Waals surface area contributed by atoms with Crippen LogP contribution < -0.4 is 0 Å². The highest BCUT2D eigenvalue weighted by Crippen LogP contribution is 2.75. The van der Waals surface area contributed by atoms with Gasteiger partial charge in [0.1, 0.15) is 0 Å². The molecule has 4 fully saturated rings. The average Bonchev–Trinajstić information content (AvgIpc) is 2.67. The molecule has 0 aromatic carbocycles. The number of fused-ring (bicyclic) bond motifs is 6. The third kappa shape index (κ3) is 2.77. The molecule has 1 nitrogen and oxygen atoms in total. The molecule has 5 aliphatic carbocycles. The van der Waals surface area contributed by atoms with Gasteiger partial charge >= 0.3 is 0 Å². The van der Waals surface area contributed by atoms with E-state index in [2.05, 4.69) is 55.4 Å². The molecule has 3 unspecified atom stereocenters. The largest absolute Gasteiger partial charge is 0.393 e. The first-order valence-electron chi connectivity index (χ1n) is 13.6. The Morgan fingerprint density at radius 2 is 1.35 bits per heavy atom. The number of rotatable bonds is 0. The standard InChI is InChI=1S/C30H50O/c1-25(2)15-16-27(5)17-18-29(7)20(21(27)19-25)9-10-23-28(6)13-12-24(31)26(3,4)22(28)11-14-30(23,29)8/h22-24,31H,9-19H2,1-8H3/t22?,23?,24?,27-,28+,29-,30-/m1/s1. The third-order valence-electron chi connectivity index (χ3n) is 12.9. The monoisotopic (exact) mass is 426 g/mol. The van der Waals surface area contributed by atoms with Crippen molar-refractivity contribution in [2.24, 2.45) is 44.3 Å². The second-order valence-electron chi connectivity index (χ2n) is 15.2. The van der Waals surface area contributed by atoms with Gasteiger partial charge in [-0.3, -0.25) is 0 Å². The molecule has 7 atom stereocenters. The first kappa shape index (κ1) is 22.5. The topological polar surface area (TPSA) is 20.2 Å². The van der Waals surface area contributed by atoms with Crippen LogP contribution in [-0.4, -0.2) is 11.2 Å². The molecule has 31 heavy (non-hydrogen) atoms. The van der Waals surface area contributed by atoms with Gasteiger partial charge in [0.15, 0.2) is 0 Å². The van der Waals surface area contributed by atoms with Crippen molar-refractivity contribution in [2.45, 2.75) is 132 Å². The SMILES string of the molecule is CC1(C)CC[C@]2(C)CC[C@]3(C)C(=C2C1)CCC1[C@@]2(C)CCC(O)C(C)(C)C2CC[C@]13C. The molecule has 0 aromatic rings. The van der Waals surface area contributed by atoms with Crippen molar-refractivity contribution in [1.82, 2.24) is 0 Å². The molecule has 0 aliphatic heterocycles. The maximum atomic E-state index is 10.9. The van der Waals surface area contributed by atoms with Crippen LogP contribution in [0.1, 0.15) is 126 Å². The van der Waals surface area contributed by atoms with Gasteiger partial charge in [0.25, 0.3) is 0 Å². The Morgan fingerprint density at radius 3 is 2.06 bits per heavy atom. The van der Waals surface area contributed by atoms with Crippen LogP contribution >= 0.6 is 0 Å². The molecule has 0 radical (unpaired) electrons. The third-order valence-corrected chi connectivity index (χ3v) is 12.9. The van der Waals surface area contributed by atoms with Crippen molar-refractivity contribution < 1.29 is 5.11 Å². The second kappa shape index (κ2) is 6.43. The Hall–Kier alpha value is -0.300. The predicted molar refractivity (Wildman–Crippen MR) is 131 cm³/mol. The van der Waals surface area contributed by atoms with Crippen LogP contribution in [0.3, 0.4) is 0 Å². The second-order valence-corrected chi connectivity index (χ2v) is 15.2. The maximum absolute atomic E-state index is 10.9. The fourth-order valence-electron chi connectivity index (χ4n) is 10.5. The number of hydrogen-bond donors (Lipinski definition) is 1. The normalized spacial score (nSPS) is 53.1. The van der Waals surface area contributed by atoms with Crippen molar-refractivity contribution >= 4 is 0 Å². The summed E-state index contributed by atoms with van der Waals surface area (Å²) in [4.78, 5) is 0. The highest BCUT2D eigenvalue weighted by Gasteiger charge is 2.67. The summed E-state index contributed by atoms with van der Waals surface area (Å²) >= 11 is 0. The minimum atomic E-state index is -0.119. The van der Waals surface area contributed by atoms with Gasteiger partial charge in [0, 0.05) is 0 Å². The van der Waals surface area contributed by atoms with E-state index in [0.29, 0.717) is 33.0 Å². The highest BCUT2D eigenvalue weighted by molar-refractivity contribution is 5.38. The van der Waals surface area contributed by atoms with Crippen molar-refractivity contribution in [3.05, 3.63) is 11.1 Å². The first-order valence-corrected chi connectivity index (χ1v) is 13.6. The zero-order valence-corrected chi connectivity index (χ0v) is 22.0. The summed E-state index contributed by atoms with van der Waals surface area (Å²) in [5.41, 5.74) is 6.03. The fourth-order valence-corrected chi connectivity index (χ4v) is 10.5. The first-order chi connectivity index (χ1) is 14.2. The Labute approximate surface area is 192 Å². The van der Waals surface area contributed by atoms with E-state index in [0.717, 1.165) is 12.3 Å². The van der Waals surface area contributed by atoms with E-state index < -0.39 is 0 Å². The highest BCUT2D eigenvalue weighted by atomic mass is 16.3. The van der Waals surface area contributed by atoms with Crippen LogP contribution in [0.5, 0.6) is 0 Å². The van der Waals surface area contributed by atoms with Gasteiger partial charge in [0.05, 0.1) is 6.10 Å². The molecule has 1 heteroatoms. The van der Waals surface area contributed by atoms with Gasteiger partial charge in [0.2, 0.25) is 0 Å². The molecule has 4 saturated carbocycles. The van der Waals surface area contributed by atoms with Gasteiger partial charge in [-0.1, -0.05) is 66.5 Å². The number of allylic oxidation sites excluding steroid dienone is 2. The summed E-state index contributed by atoms with van der Waals surface area (Å²) in [6.45, 7) is 20.4. The lowest BCUT2D eigenvalue weighted by molar-refractivity contribution is -0.204. The van der Waals surface area contributed by atoms with E-state index in [1.54, 1.807) is 0 Å². The molecule has 1 N–H and O–H groups in total. The van der Waals surface area contributed by atoms with Crippen molar-refractivity contribution in [3.8, 4) is 0 Å². The summed E-state index contributed by atoms with van der Waals surface area (Å²) in [6.07, 6.45) is 14.5. The van der Waals surface area contributed by atoms with E-state index >= 15 is 0 Å². The van der Waals surface area contributed by atoms with Crippen molar-refractivity contribution in [1.29, 1.82) is 0 Å². The summed E-state index contributed by atoms with van der Waals surface area (Å²) in [6, 6.07) is 0. The predicted octanol–water partition coefficient (Wildman–Crippen LogP) is 8.31. The molecule has 0 aromatic heterocycles. The Kier molecular flexibility index (Phi) is 4.66. The minimum absolute atomic E-state index is 0.0620. The summed E-state index contributed by atoms with van der Waals surface area (Å²) in [5.74, 6) is 1.47. The van der Waals surface area contributed by atoms with Gasteiger partial charge in [-0.2, -0.15) is 0 Å². The van der Waals surface area contributed by atoms with E-state index in [-0.39, 0.29) is 11.5 Å². The Morgan fingerprint density at radius 1 is 0.677 bits per heavy atom. The molecule has 0 bridgehead atoms. The van der Waals surface area contributed by atoms with Crippen LogP contribution in [-0.2, 0) is 0 Å². The number of aliphatic hydroxyl groups is 1. The smallest absolute Gasteiger partial charge is 0.0594 e. The Balaban J connectivity index is 1.59. The lowest BCUT2D eigenvalue weighted by atomic mass is 9.34. The van der Waals surface area contributed by atoms with E-state index in [4.69, 9.17) is 0 Å². The van der Waals surface area contributed by atoms with Gasteiger partial charge < -0.3 is 5.11 Å². The van der Waals surface area contributed by atoms with Gasteiger partial charge in [-0.25, -0.2) is 0 Å². The van der Waals surface area contributed by atoms with Crippen LogP contribution in [0.2, 0.25) is 0 Å². The number of aliphatic hydroxyl groups excluding tert-OH is 1. The Bertz CT molecular complexity index is 803. The lowest BCUT2D eigenvalue weighted by Crippen LogP contribution is -2.64. The molecular weight excluding hydrogens is 376 g/mol. The zero-order chi connectivity index (χ0) is 22.7. The molecule has 5 rings (SSSR count). The molecule has 0 spiro atoms. The lowest BCUT2D eigenvalue weighted by Gasteiger charge is -2.71. The van der Waals surface area contributed by atoms with Crippen LogP contribution in [0, 0.1) is 44.3 Å².